The summed E-state index contributed by atoms with van der Waals surface area (Å²) in [4.78, 5) is 15.2. The van der Waals surface area contributed by atoms with Crippen LogP contribution < -0.4 is 16.2 Å². The molecule has 1 aromatic heterocycles. The lowest BCUT2D eigenvalue weighted by Gasteiger charge is -2.11. The van der Waals surface area contributed by atoms with E-state index in [1.54, 1.807) is 18.0 Å². The first-order valence-electron chi connectivity index (χ1n) is 6.61. The van der Waals surface area contributed by atoms with E-state index < -0.39 is 0 Å². The van der Waals surface area contributed by atoms with Gasteiger partial charge in [-0.1, -0.05) is 18.2 Å². The van der Waals surface area contributed by atoms with E-state index in [-0.39, 0.29) is 5.91 Å². The minimum Gasteiger partial charge on any atom is -0.361 e. The normalized spacial score (nSPS) is 10.3. The van der Waals surface area contributed by atoms with Crippen molar-refractivity contribution in [2.24, 2.45) is 0 Å². The van der Waals surface area contributed by atoms with Crippen LogP contribution in [-0.2, 0) is 0 Å². The number of rotatable bonds is 5. The molecule has 0 aliphatic heterocycles. The molecule has 0 aliphatic rings. The molecule has 2 aromatic rings. The summed E-state index contributed by atoms with van der Waals surface area (Å²) < 4.78 is 0. The van der Waals surface area contributed by atoms with Crippen LogP contribution in [0.25, 0.3) is 10.9 Å². The fourth-order valence-electron chi connectivity index (χ4n) is 1.90. The topological polar surface area (TPSA) is 68.9 Å². The number of hydrogen-bond acceptors (Lipinski definition) is 3. The van der Waals surface area contributed by atoms with Gasteiger partial charge in [-0.15, -0.1) is 0 Å². The fraction of sp³-hybridized carbons (Fsp3) is 0.286. The summed E-state index contributed by atoms with van der Waals surface area (Å²) in [5.74, 6) is 0.859. The van der Waals surface area contributed by atoms with Crippen molar-refractivity contribution in [1.82, 2.24) is 21.2 Å². The number of thioether (sulfide) groups is 1. The van der Waals surface area contributed by atoms with Gasteiger partial charge in [-0.25, -0.2) is 0 Å². The Morgan fingerprint density at radius 2 is 2.14 bits per heavy atom. The molecule has 1 amide bonds. The zero-order valence-corrected chi connectivity index (χ0v) is 13.4. The minimum absolute atomic E-state index is 0.222. The molecule has 1 aromatic carbocycles. The van der Waals surface area contributed by atoms with Crippen molar-refractivity contribution < 1.29 is 4.79 Å². The van der Waals surface area contributed by atoms with E-state index in [1.165, 1.54) is 0 Å². The number of aromatic nitrogens is 1. The number of hydrazine groups is 1. The van der Waals surface area contributed by atoms with Crippen LogP contribution in [0.5, 0.6) is 0 Å². The van der Waals surface area contributed by atoms with Gasteiger partial charge in [-0.3, -0.25) is 15.6 Å². The molecule has 5 nitrogen and oxygen atoms in total. The Kier molecular flexibility index (Phi) is 5.89. The molecule has 2 rings (SSSR count). The molecule has 0 saturated carbocycles. The first kappa shape index (κ1) is 15.7. The molecule has 7 heteroatoms. The summed E-state index contributed by atoms with van der Waals surface area (Å²) in [6.45, 7) is 0.787. The number of H-pyrrole nitrogens is 1. The molecule has 112 valence electrons. The standard InChI is InChI=1S/C14H18N4OS2/c1-21-8-4-7-15-14(20)18-17-13(19)11-9-16-12-6-3-2-5-10(11)12/h2-3,5-6,9,16H,4,7-8H2,1H3,(H,17,19)(H2,15,18,20). The SMILES string of the molecule is CSCCCNC(=S)NNC(=O)c1c[nH]c2ccccc12. The van der Waals surface area contributed by atoms with Gasteiger partial charge >= 0.3 is 0 Å². The summed E-state index contributed by atoms with van der Waals surface area (Å²) in [5.41, 5.74) is 6.83. The van der Waals surface area contributed by atoms with Crippen molar-refractivity contribution in [3.63, 3.8) is 0 Å². The van der Waals surface area contributed by atoms with Crippen molar-refractivity contribution in [3.8, 4) is 0 Å². The van der Waals surface area contributed by atoms with Gasteiger partial charge in [0.1, 0.15) is 0 Å². The van der Waals surface area contributed by atoms with Gasteiger partial charge in [0.15, 0.2) is 5.11 Å². The van der Waals surface area contributed by atoms with Gasteiger partial charge in [0.2, 0.25) is 0 Å². The van der Waals surface area contributed by atoms with Crippen LogP contribution >= 0.6 is 24.0 Å². The summed E-state index contributed by atoms with van der Waals surface area (Å²) >= 11 is 6.89. The first-order chi connectivity index (χ1) is 10.2. The third kappa shape index (κ3) is 4.37. The Morgan fingerprint density at radius 1 is 1.33 bits per heavy atom. The maximum Gasteiger partial charge on any atom is 0.271 e. The predicted molar refractivity (Wildman–Crippen MR) is 92.5 cm³/mol. The first-order valence-corrected chi connectivity index (χ1v) is 8.42. The Balaban J connectivity index is 1.83. The number of para-hydroxylation sites is 1. The number of benzene rings is 1. The number of carbonyl (C=O) groups excluding carboxylic acids is 1. The fourth-order valence-corrected chi connectivity index (χ4v) is 2.49. The summed E-state index contributed by atoms with van der Waals surface area (Å²) in [6.07, 6.45) is 4.79. The van der Waals surface area contributed by atoms with Gasteiger partial charge < -0.3 is 10.3 Å². The van der Waals surface area contributed by atoms with Crippen LogP contribution in [0.1, 0.15) is 16.8 Å². The zero-order valence-electron chi connectivity index (χ0n) is 11.7. The number of aromatic amines is 1. The third-order valence-corrected chi connectivity index (χ3v) is 3.88. The van der Waals surface area contributed by atoms with Crippen molar-refractivity contribution in [2.75, 3.05) is 18.6 Å². The second-order valence-electron chi connectivity index (χ2n) is 4.43. The van der Waals surface area contributed by atoms with Crippen LogP contribution in [-0.4, -0.2) is 34.6 Å². The molecule has 0 atom stereocenters. The quantitative estimate of drug-likeness (QED) is 0.385. The molecule has 0 fully saturated rings. The largest absolute Gasteiger partial charge is 0.361 e. The van der Waals surface area contributed by atoms with E-state index in [0.717, 1.165) is 29.6 Å². The van der Waals surface area contributed by atoms with Gasteiger partial charge in [-0.2, -0.15) is 11.8 Å². The average molecular weight is 322 g/mol. The van der Waals surface area contributed by atoms with Gasteiger partial charge in [0.05, 0.1) is 5.56 Å². The second-order valence-corrected chi connectivity index (χ2v) is 5.82. The van der Waals surface area contributed by atoms with E-state index in [2.05, 4.69) is 27.4 Å². The summed E-state index contributed by atoms with van der Waals surface area (Å²) in [7, 11) is 0. The Morgan fingerprint density at radius 3 is 2.95 bits per heavy atom. The lowest BCUT2D eigenvalue weighted by Crippen LogP contribution is -2.47. The van der Waals surface area contributed by atoms with Gasteiger partial charge in [0.25, 0.3) is 5.91 Å². The van der Waals surface area contributed by atoms with Crippen LogP contribution in [0.3, 0.4) is 0 Å². The Labute approximate surface area is 133 Å². The number of amides is 1. The zero-order chi connectivity index (χ0) is 15.1. The van der Waals surface area contributed by atoms with Crippen molar-refractivity contribution in [3.05, 3.63) is 36.0 Å². The van der Waals surface area contributed by atoms with Crippen molar-refractivity contribution >= 4 is 45.9 Å². The molecule has 0 unspecified atom stereocenters. The molecule has 0 spiro atoms. The van der Waals surface area contributed by atoms with E-state index >= 15 is 0 Å². The van der Waals surface area contributed by atoms with E-state index in [9.17, 15) is 4.79 Å². The maximum atomic E-state index is 12.1. The highest BCUT2D eigenvalue weighted by Gasteiger charge is 2.11. The minimum atomic E-state index is -0.222. The monoisotopic (exact) mass is 322 g/mol. The lowest BCUT2D eigenvalue weighted by molar-refractivity contribution is 0.0945. The van der Waals surface area contributed by atoms with Crippen molar-refractivity contribution in [2.45, 2.75) is 6.42 Å². The predicted octanol–water partition coefficient (Wildman–Crippen LogP) is 2.03. The number of fused-ring (bicyclic) bond motifs is 1. The highest BCUT2D eigenvalue weighted by molar-refractivity contribution is 7.98. The molecule has 1 heterocycles. The summed E-state index contributed by atoms with van der Waals surface area (Å²) in [5, 5.41) is 4.35. The van der Waals surface area contributed by atoms with Crippen LogP contribution in [0.2, 0.25) is 0 Å². The molecule has 21 heavy (non-hydrogen) atoms. The second kappa shape index (κ2) is 7.90. The Bertz CT molecular complexity index is 626. The molecule has 4 N–H and O–H groups in total. The van der Waals surface area contributed by atoms with Crippen LogP contribution in [0, 0.1) is 0 Å². The lowest BCUT2D eigenvalue weighted by atomic mass is 10.2. The number of carbonyl (C=O) groups is 1. The van der Waals surface area contributed by atoms with Gasteiger partial charge in [0, 0.05) is 23.6 Å². The molecular weight excluding hydrogens is 304 g/mol. The Hall–Kier alpha value is -1.73. The highest BCUT2D eigenvalue weighted by Crippen LogP contribution is 2.16. The molecule has 0 saturated heterocycles. The van der Waals surface area contributed by atoms with Gasteiger partial charge in [-0.05, 0) is 36.7 Å². The number of hydrogen-bond donors (Lipinski definition) is 4. The van der Waals surface area contributed by atoms with Crippen LogP contribution in [0.15, 0.2) is 30.5 Å². The molecular formula is C14H18N4OS2. The van der Waals surface area contributed by atoms with E-state index in [4.69, 9.17) is 12.2 Å². The number of nitrogens with one attached hydrogen (secondary N) is 4. The highest BCUT2D eigenvalue weighted by atomic mass is 32.2. The van der Waals surface area contributed by atoms with E-state index in [1.807, 2.05) is 24.3 Å². The van der Waals surface area contributed by atoms with Crippen LogP contribution in [0.4, 0.5) is 0 Å². The smallest absolute Gasteiger partial charge is 0.271 e. The molecule has 0 aliphatic carbocycles. The molecule has 0 bridgehead atoms. The van der Waals surface area contributed by atoms with E-state index in [0.29, 0.717) is 10.7 Å². The molecule has 0 radical (unpaired) electrons. The third-order valence-electron chi connectivity index (χ3n) is 2.93. The number of thiocarbonyl (C=S) groups is 1. The van der Waals surface area contributed by atoms with Crippen molar-refractivity contribution in [1.29, 1.82) is 0 Å². The average Bonchev–Trinajstić information content (AvgIpc) is 2.93. The summed E-state index contributed by atoms with van der Waals surface area (Å²) in [6, 6.07) is 7.65. The maximum absolute atomic E-state index is 12.1.